The molecule has 0 saturated carbocycles. The number of amides is 2. The summed E-state index contributed by atoms with van der Waals surface area (Å²) < 4.78 is 16.5. The summed E-state index contributed by atoms with van der Waals surface area (Å²) in [6, 6.07) is 24.2. The fraction of sp³-hybridized carbons (Fsp3) is 0.243. The third-order valence-corrected chi connectivity index (χ3v) is 7.68. The summed E-state index contributed by atoms with van der Waals surface area (Å²) >= 11 is 0. The standard InChI is InChI=1S/C37H39N3O9/c1-23(38)34(42)39-30(36(45)47-3)19-26-14-17-32(48-21-24-10-6-4-7-11-24)29(18-26)28-20-27(15-16-31(28)41)33(35(43)44)40(2)37(46)49-22-25-12-8-5-9-13-25/h4-18,20,23,30,33,41H,19,21-22,38H2,1-3H3,(H,39,42)(H,43,44). The monoisotopic (exact) mass is 669 g/mol. The Kier molecular flexibility index (Phi) is 12.3. The van der Waals surface area contributed by atoms with Crippen LogP contribution in [0.3, 0.4) is 0 Å². The smallest absolute Gasteiger partial charge is 0.410 e. The van der Waals surface area contributed by atoms with Crippen molar-refractivity contribution in [3.8, 4) is 22.6 Å². The van der Waals surface area contributed by atoms with Gasteiger partial charge >= 0.3 is 18.0 Å². The second-order valence-corrected chi connectivity index (χ2v) is 11.4. The maximum atomic E-state index is 13.0. The van der Waals surface area contributed by atoms with Gasteiger partial charge in [0.15, 0.2) is 6.04 Å². The first kappa shape index (κ1) is 36.0. The Labute approximate surface area is 284 Å². The molecular formula is C37H39N3O9. The average molecular weight is 670 g/mol. The van der Waals surface area contributed by atoms with Crippen LogP contribution in [-0.2, 0) is 43.5 Å². The van der Waals surface area contributed by atoms with Gasteiger partial charge in [-0.2, -0.15) is 0 Å². The first-order valence-electron chi connectivity index (χ1n) is 15.4. The number of likely N-dealkylation sites (N-methyl/N-ethyl adjacent to an activating group) is 1. The molecule has 0 aliphatic rings. The number of carbonyl (C=O) groups excluding carboxylic acids is 3. The fourth-order valence-corrected chi connectivity index (χ4v) is 5.05. The van der Waals surface area contributed by atoms with Gasteiger partial charge in [-0.3, -0.25) is 9.69 Å². The lowest BCUT2D eigenvalue weighted by molar-refractivity contribution is -0.145. The molecule has 0 radical (unpaired) electrons. The minimum absolute atomic E-state index is 0.00525. The number of nitrogens with one attached hydrogen (secondary N) is 1. The lowest BCUT2D eigenvalue weighted by Gasteiger charge is -2.25. The zero-order chi connectivity index (χ0) is 35.5. The van der Waals surface area contributed by atoms with Crippen molar-refractivity contribution in [2.75, 3.05) is 14.2 Å². The molecule has 0 spiro atoms. The van der Waals surface area contributed by atoms with Crippen molar-refractivity contribution in [1.29, 1.82) is 0 Å². The van der Waals surface area contributed by atoms with Gasteiger partial charge in [0.2, 0.25) is 5.91 Å². The molecule has 2 amide bonds. The lowest BCUT2D eigenvalue weighted by atomic mass is 9.94. The van der Waals surface area contributed by atoms with Crippen LogP contribution in [0.2, 0.25) is 0 Å². The van der Waals surface area contributed by atoms with E-state index < -0.39 is 42.1 Å². The molecule has 4 aromatic rings. The molecule has 0 fully saturated rings. The van der Waals surface area contributed by atoms with E-state index in [1.54, 1.807) is 42.5 Å². The minimum atomic E-state index is -1.48. The quantitative estimate of drug-likeness (QED) is 0.139. The van der Waals surface area contributed by atoms with Crippen LogP contribution in [-0.4, -0.2) is 65.3 Å². The van der Waals surface area contributed by atoms with E-state index in [0.29, 0.717) is 16.9 Å². The Bertz CT molecular complexity index is 1760. The van der Waals surface area contributed by atoms with Crippen LogP contribution in [0.15, 0.2) is 97.1 Å². The highest BCUT2D eigenvalue weighted by Crippen LogP contribution is 2.39. The van der Waals surface area contributed by atoms with Gasteiger partial charge in [0.1, 0.15) is 30.8 Å². The first-order valence-corrected chi connectivity index (χ1v) is 15.4. The van der Waals surface area contributed by atoms with E-state index in [-0.39, 0.29) is 36.5 Å². The van der Waals surface area contributed by atoms with Gasteiger partial charge < -0.3 is 35.5 Å². The number of ether oxygens (including phenoxy) is 3. The number of benzene rings is 4. The molecule has 0 heterocycles. The molecule has 0 aliphatic carbocycles. The molecule has 4 aromatic carbocycles. The summed E-state index contributed by atoms with van der Waals surface area (Å²) in [7, 11) is 2.52. The zero-order valence-electron chi connectivity index (χ0n) is 27.4. The lowest BCUT2D eigenvalue weighted by Crippen LogP contribution is -2.48. The topological polar surface area (TPSA) is 178 Å². The van der Waals surface area contributed by atoms with Gasteiger partial charge in [-0.25, -0.2) is 14.4 Å². The van der Waals surface area contributed by atoms with Gasteiger partial charge in [0, 0.05) is 24.6 Å². The fourth-order valence-electron chi connectivity index (χ4n) is 5.05. The van der Waals surface area contributed by atoms with E-state index in [4.69, 9.17) is 19.9 Å². The Balaban J connectivity index is 1.72. The number of hydrogen-bond donors (Lipinski definition) is 4. The molecule has 256 valence electrons. The molecule has 0 aliphatic heterocycles. The van der Waals surface area contributed by atoms with Crippen molar-refractivity contribution in [2.45, 2.75) is 44.7 Å². The van der Waals surface area contributed by atoms with Crippen molar-refractivity contribution in [3.63, 3.8) is 0 Å². The zero-order valence-corrected chi connectivity index (χ0v) is 27.4. The van der Waals surface area contributed by atoms with Gasteiger partial charge in [0.05, 0.1) is 13.2 Å². The molecule has 49 heavy (non-hydrogen) atoms. The normalized spacial score (nSPS) is 12.6. The summed E-state index contributed by atoms with van der Waals surface area (Å²) in [5.74, 6) is -2.41. The highest BCUT2D eigenvalue weighted by Gasteiger charge is 2.31. The first-order chi connectivity index (χ1) is 23.5. The minimum Gasteiger partial charge on any atom is -0.507 e. The van der Waals surface area contributed by atoms with Crippen LogP contribution in [0.25, 0.3) is 11.1 Å². The Morgan fingerprint density at radius 1 is 0.837 bits per heavy atom. The molecule has 5 N–H and O–H groups in total. The van der Waals surface area contributed by atoms with Gasteiger partial charge in [-0.1, -0.05) is 72.8 Å². The van der Waals surface area contributed by atoms with E-state index in [2.05, 4.69) is 5.32 Å². The number of phenolic OH excluding ortho intramolecular Hbond substituents is 1. The molecule has 12 heteroatoms. The molecule has 12 nitrogen and oxygen atoms in total. The number of nitrogens with two attached hydrogens (primary N) is 1. The third-order valence-electron chi connectivity index (χ3n) is 7.68. The maximum Gasteiger partial charge on any atom is 0.410 e. The summed E-state index contributed by atoms with van der Waals surface area (Å²) in [5.41, 5.74) is 8.61. The van der Waals surface area contributed by atoms with Gasteiger partial charge in [-0.05, 0) is 53.4 Å². The second-order valence-electron chi connectivity index (χ2n) is 11.4. The van der Waals surface area contributed by atoms with Crippen LogP contribution in [0.5, 0.6) is 11.5 Å². The molecular weight excluding hydrogens is 630 g/mol. The van der Waals surface area contributed by atoms with Crippen LogP contribution in [0.1, 0.15) is 35.2 Å². The number of carboxylic acids is 1. The summed E-state index contributed by atoms with van der Waals surface area (Å²) in [5, 5.41) is 23.9. The molecule has 3 atom stereocenters. The van der Waals surface area contributed by atoms with Crippen molar-refractivity contribution in [3.05, 3.63) is 119 Å². The molecule has 3 unspecified atom stereocenters. The third kappa shape index (κ3) is 9.58. The number of carbonyl (C=O) groups is 4. The molecule has 0 aromatic heterocycles. The Morgan fingerprint density at radius 3 is 2.06 bits per heavy atom. The number of hydrogen-bond acceptors (Lipinski definition) is 9. The van der Waals surface area contributed by atoms with Crippen molar-refractivity contribution >= 4 is 23.9 Å². The van der Waals surface area contributed by atoms with Crippen LogP contribution < -0.4 is 15.8 Å². The van der Waals surface area contributed by atoms with E-state index >= 15 is 0 Å². The largest absolute Gasteiger partial charge is 0.507 e. The summed E-state index contributed by atoms with van der Waals surface area (Å²) in [6.07, 6.45) is -0.854. The van der Waals surface area contributed by atoms with Crippen LogP contribution in [0, 0.1) is 0 Å². The number of rotatable bonds is 14. The predicted molar refractivity (Wildman–Crippen MR) is 180 cm³/mol. The second kappa shape index (κ2) is 16.8. The van der Waals surface area contributed by atoms with Gasteiger partial charge in [-0.15, -0.1) is 0 Å². The van der Waals surface area contributed by atoms with Crippen molar-refractivity contribution in [1.82, 2.24) is 10.2 Å². The summed E-state index contributed by atoms with van der Waals surface area (Å²) in [4.78, 5) is 51.5. The van der Waals surface area contributed by atoms with Gasteiger partial charge in [0.25, 0.3) is 0 Å². The Morgan fingerprint density at radius 2 is 1.47 bits per heavy atom. The highest BCUT2D eigenvalue weighted by molar-refractivity contribution is 5.87. The van der Waals surface area contributed by atoms with E-state index in [0.717, 1.165) is 16.0 Å². The van der Waals surface area contributed by atoms with Crippen molar-refractivity contribution < 1.29 is 43.6 Å². The number of phenols is 1. The number of nitrogens with zero attached hydrogens (tertiary/aromatic N) is 1. The number of esters is 1. The number of aliphatic carboxylic acids is 1. The number of carboxylic acid groups (broad SMARTS) is 1. The summed E-state index contributed by atoms with van der Waals surface area (Å²) in [6.45, 7) is 1.61. The van der Waals surface area contributed by atoms with E-state index in [1.807, 2.05) is 36.4 Å². The average Bonchev–Trinajstić information content (AvgIpc) is 3.10. The Hall–Kier alpha value is -5.88. The SMILES string of the molecule is COC(=O)C(Cc1ccc(OCc2ccccc2)c(-c2cc(C(C(=O)O)N(C)C(=O)OCc3ccccc3)ccc2O)c1)NC(=O)C(C)N. The van der Waals surface area contributed by atoms with E-state index in [9.17, 15) is 29.4 Å². The van der Waals surface area contributed by atoms with Crippen LogP contribution in [0.4, 0.5) is 4.79 Å². The maximum absolute atomic E-state index is 13.0. The molecule has 0 saturated heterocycles. The molecule has 0 bridgehead atoms. The van der Waals surface area contributed by atoms with E-state index in [1.165, 1.54) is 39.3 Å². The highest BCUT2D eigenvalue weighted by atomic mass is 16.6. The number of methoxy groups -OCH3 is 1. The van der Waals surface area contributed by atoms with Crippen molar-refractivity contribution in [2.24, 2.45) is 5.73 Å². The number of aromatic hydroxyl groups is 1. The molecule has 4 rings (SSSR count). The predicted octanol–water partition coefficient (Wildman–Crippen LogP) is 4.58. The van der Waals surface area contributed by atoms with Crippen LogP contribution >= 0.6 is 0 Å².